The Morgan fingerprint density at radius 1 is 1.22 bits per heavy atom. The molecule has 12 heteroatoms. The first kappa shape index (κ1) is 26.1. The predicted molar refractivity (Wildman–Crippen MR) is 128 cm³/mol. The normalized spacial score (nSPS) is 17.0. The Hall–Kier alpha value is -3.93. The molecule has 2 aromatic carbocycles. The van der Waals surface area contributed by atoms with E-state index in [1.54, 1.807) is 35.0 Å². The van der Waals surface area contributed by atoms with Gasteiger partial charge in [-0.25, -0.2) is 4.79 Å². The third-order valence-corrected chi connectivity index (χ3v) is 6.02. The van der Waals surface area contributed by atoms with E-state index in [0.29, 0.717) is 18.2 Å². The highest BCUT2D eigenvalue weighted by molar-refractivity contribution is 5.99. The summed E-state index contributed by atoms with van der Waals surface area (Å²) in [5, 5.41) is 21.0. The minimum Gasteiger partial charge on any atom is -0.861 e. The number of nitrogens with zero attached hydrogens (tertiary/aromatic N) is 4. The minimum atomic E-state index is -4.70. The van der Waals surface area contributed by atoms with Crippen molar-refractivity contribution in [2.45, 2.75) is 44.4 Å². The highest BCUT2D eigenvalue weighted by atomic mass is 19.4. The van der Waals surface area contributed by atoms with Gasteiger partial charge in [-0.15, -0.1) is 0 Å². The van der Waals surface area contributed by atoms with E-state index in [1.807, 2.05) is 7.05 Å². The van der Waals surface area contributed by atoms with Crippen molar-refractivity contribution in [3.05, 3.63) is 65.9 Å². The molecule has 0 bridgehead atoms. The number of carbonyl (C=O) groups excluding carboxylic acids is 1. The summed E-state index contributed by atoms with van der Waals surface area (Å²) in [6.45, 7) is 1.58. The van der Waals surface area contributed by atoms with Crippen LogP contribution in [0.1, 0.15) is 30.4 Å². The van der Waals surface area contributed by atoms with Gasteiger partial charge in [0.05, 0.1) is 17.3 Å². The van der Waals surface area contributed by atoms with E-state index in [-0.39, 0.29) is 23.7 Å². The number of aromatic nitrogens is 2. The van der Waals surface area contributed by atoms with Gasteiger partial charge < -0.3 is 10.4 Å². The van der Waals surface area contributed by atoms with Gasteiger partial charge in [0.25, 0.3) is 6.20 Å². The number of likely N-dealkylation sites (N-methyl/N-ethyl adjacent to an activating group) is 1. The molecule has 2 amide bonds. The summed E-state index contributed by atoms with van der Waals surface area (Å²) in [6, 6.07) is 10.9. The van der Waals surface area contributed by atoms with Crippen LogP contribution in [-0.4, -0.2) is 41.7 Å². The lowest BCUT2D eigenvalue weighted by molar-refractivity contribution is -0.765. The van der Waals surface area contributed by atoms with Crippen LogP contribution in [0.3, 0.4) is 0 Å². The molecule has 0 radical (unpaired) electrons. The van der Waals surface area contributed by atoms with Crippen molar-refractivity contribution < 1.29 is 32.3 Å². The van der Waals surface area contributed by atoms with Crippen molar-refractivity contribution in [2.24, 2.45) is 4.99 Å². The zero-order valence-corrected chi connectivity index (χ0v) is 20.2. The average Bonchev–Trinajstić information content (AvgIpc) is 3.27. The lowest BCUT2D eigenvalue weighted by atomic mass is 10.0. The fourth-order valence-electron chi connectivity index (χ4n) is 4.15. The highest BCUT2D eigenvalue weighted by Gasteiger charge is 2.31. The van der Waals surface area contributed by atoms with Gasteiger partial charge in [0.1, 0.15) is 0 Å². The second kappa shape index (κ2) is 11.4. The molecule has 4 rings (SSSR count). The Morgan fingerprint density at radius 2 is 2.00 bits per heavy atom. The zero-order chi connectivity index (χ0) is 26.4. The SMILES string of the molecule is CN1CCCCC1C[n+]1cc(NC(=O)Nc2cc(N=C([O-])Cc3ccccc3)cc(C(F)(F)F)c2)on1. The molecule has 0 saturated carbocycles. The molecule has 1 saturated heterocycles. The van der Waals surface area contributed by atoms with Crippen LogP contribution in [0.25, 0.3) is 0 Å². The molecule has 196 valence electrons. The number of anilines is 2. The number of nitrogens with one attached hydrogen (secondary N) is 2. The van der Waals surface area contributed by atoms with Crippen molar-refractivity contribution >= 4 is 29.2 Å². The van der Waals surface area contributed by atoms with Crippen LogP contribution in [0, 0.1) is 0 Å². The first-order valence-corrected chi connectivity index (χ1v) is 11.8. The van der Waals surface area contributed by atoms with Crippen LogP contribution in [-0.2, 0) is 19.1 Å². The molecule has 1 fully saturated rings. The second-order valence-corrected chi connectivity index (χ2v) is 8.93. The summed E-state index contributed by atoms with van der Waals surface area (Å²) in [5.41, 5.74) is -0.777. The molecule has 1 atom stereocenters. The van der Waals surface area contributed by atoms with Gasteiger partial charge in [0.15, 0.2) is 6.54 Å². The fourth-order valence-corrected chi connectivity index (χ4v) is 4.15. The van der Waals surface area contributed by atoms with Crippen molar-refractivity contribution in [1.29, 1.82) is 0 Å². The smallest absolute Gasteiger partial charge is 0.416 e. The molecule has 37 heavy (non-hydrogen) atoms. The van der Waals surface area contributed by atoms with Crippen LogP contribution >= 0.6 is 0 Å². The number of alkyl halides is 3. The maximum atomic E-state index is 13.5. The van der Waals surface area contributed by atoms with Crippen LogP contribution in [0.2, 0.25) is 0 Å². The van der Waals surface area contributed by atoms with E-state index in [2.05, 4.69) is 25.8 Å². The number of piperidine rings is 1. The molecule has 1 aromatic heterocycles. The average molecular weight is 517 g/mol. The van der Waals surface area contributed by atoms with E-state index in [4.69, 9.17) is 4.52 Å². The van der Waals surface area contributed by atoms with Crippen molar-refractivity contribution in [3.8, 4) is 0 Å². The Balaban J connectivity index is 1.44. The van der Waals surface area contributed by atoms with E-state index in [9.17, 15) is 23.1 Å². The first-order chi connectivity index (χ1) is 17.7. The van der Waals surface area contributed by atoms with Gasteiger partial charge in [0, 0.05) is 12.1 Å². The Kier molecular flexibility index (Phi) is 8.07. The monoisotopic (exact) mass is 516 g/mol. The molecule has 2 heterocycles. The van der Waals surface area contributed by atoms with Crippen LogP contribution in [0.4, 0.5) is 35.2 Å². The van der Waals surface area contributed by atoms with E-state index in [1.165, 1.54) is 12.3 Å². The quantitative estimate of drug-likeness (QED) is 0.283. The second-order valence-electron chi connectivity index (χ2n) is 8.93. The van der Waals surface area contributed by atoms with E-state index in [0.717, 1.165) is 37.9 Å². The Bertz CT molecular complexity index is 1250. The van der Waals surface area contributed by atoms with Crippen LogP contribution in [0.15, 0.2) is 64.2 Å². The molecule has 1 aliphatic rings. The number of hydrogen-bond donors (Lipinski definition) is 2. The first-order valence-electron chi connectivity index (χ1n) is 11.8. The topological polar surface area (TPSA) is 110 Å². The molecule has 2 N–H and O–H groups in total. The van der Waals surface area contributed by atoms with Gasteiger partial charge in [-0.3, -0.25) is 19.7 Å². The van der Waals surface area contributed by atoms with Gasteiger partial charge in [-0.05, 0) is 60.8 Å². The summed E-state index contributed by atoms with van der Waals surface area (Å²) in [6.07, 6.45) is 0.0406. The lowest BCUT2D eigenvalue weighted by Gasteiger charge is -2.29. The Labute approximate surface area is 211 Å². The molecule has 0 spiro atoms. The summed E-state index contributed by atoms with van der Waals surface area (Å²) in [5.74, 6) is -0.582. The number of amides is 2. The summed E-state index contributed by atoms with van der Waals surface area (Å²) >= 11 is 0. The largest absolute Gasteiger partial charge is 0.861 e. The predicted octanol–water partition coefficient (Wildman–Crippen LogP) is 3.74. The Morgan fingerprint density at radius 3 is 2.73 bits per heavy atom. The summed E-state index contributed by atoms with van der Waals surface area (Å²) in [7, 11) is 2.04. The van der Waals surface area contributed by atoms with Gasteiger partial charge >= 0.3 is 18.1 Å². The maximum Gasteiger partial charge on any atom is 0.416 e. The number of carbonyl (C=O) groups is 1. The number of rotatable bonds is 7. The highest BCUT2D eigenvalue weighted by Crippen LogP contribution is 2.34. The van der Waals surface area contributed by atoms with E-state index < -0.39 is 23.7 Å². The minimum absolute atomic E-state index is 0.0332. The third-order valence-electron chi connectivity index (χ3n) is 6.02. The molecule has 1 aliphatic heterocycles. The van der Waals surface area contributed by atoms with Crippen LogP contribution < -0.4 is 20.4 Å². The lowest BCUT2D eigenvalue weighted by Crippen LogP contribution is -2.49. The molecular weight excluding hydrogens is 489 g/mol. The number of urea groups is 1. The van der Waals surface area contributed by atoms with Gasteiger partial charge in [-0.1, -0.05) is 36.8 Å². The molecular formula is C25H27F3N6O3. The zero-order valence-electron chi connectivity index (χ0n) is 20.2. The van der Waals surface area contributed by atoms with Crippen LogP contribution in [0.5, 0.6) is 0 Å². The standard InChI is InChI=1S/C25H27F3N6O3/c1-33-10-6-5-9-21(33)15-34-16-23(37-32-34)31-24(36)30-20-13-18(25(26,27)28)12-19(14-20)29-22(35)11-17-7-3-2-4-8-17/h2-4,7-8,12-14,16,21H,5-6,9-11,15H2,1H3,(H2-,29,30,31,32,35,36). The molecule has 0 aliphatic carbocycles. The van der Waals surface area contributed by atoms with Crippen molar-refractivity contribution in [1.82, 2.24) is 10.2 Å². The van der Waals surface area contributed by atoms with Crippen molar-refractivity contribution in [2.75, 3.05) is 24.2 Å². The number of hydrogen-bond acceptors (Lipinski definition) is 6. The summed E-state index contributed by atoms with van der Waals surface area (Å²) < 4.78 is 47.1. The number of likely N-dealkylation sites (tertiary alicyclic amines) is 1. The van der Waals surface area contributed by atoms with E-state index >= 15 is 0 Å². The number of benzene rings is 2. The number of aliphatic imine (C=N–C) groups is 1. The van der Waals surface area contributed by atoms with Crippen molar-refractivity contribution in [3.63, 3.8) is 0 Å². The third kappa shape index (κ3) is 7.53. The van der Waals surface area contributed by atoms with Gasteiger partial charge in [0.2, 0.25) is 5.27 Å². The fraction of sp³-hybridized carbons (Fsp3) is 0.360. The molecule has 3 aromatic rings. The maximum absolute atomic E-state index is 13.5. The molecule has 1 unspecified atom stereocenters. The molecule has 9 nitrogen and oxygen atoms in total. The summed E-state index contributed by atoms with van der Waals surface area (Å²) in [4.78, 5) is 18.5. The van der Waals surface area contributed by atoms with Gasteiger partial charge in [-0.2, -0.15) is 13.2 Å². The number of halogens is 3.